The zero-order valence-corrected chi connectivity index (χ0v) is 9.97. The van der Waals surface area contributed by atoms with E-state index in [1.54, 1.807) is 6.21 Å². The van der Waals surface area contributed by atoms with E-state index in [2.05, 4.69) is 10.5 Å². The van der Waals surface area contributed by atoms with E-state index in [0.29, 0.717) is 11.0 Å². The van der Waals surface area contributed by atoms with Crippen LogP contribution in [0.15, 0.2) is 35.4 Å². The lowest BCUT2D eigenvalue weighted by Gasteiger charge is -2.21. The Morgan fingerprint density at radius 1 is 1.31 bits per heavy atom. The summed E-state index contributed by atoms with van der Waals surface area (Å²) in [5.41, 5.74) is 3.47. The number of nitrogens with one attached hydrogen (secondary N) is 1. The first-order valence-electron chi connectivity index (χ1n) is 5.15. The predicted octanol–water partition coefficient (Wildman–Crippen LogP) is 0.843. The van der Waals surface area contributed by atoms with E-state index < -0.39 is 0 Å². The van der Waals surface area contributed by atoms with Crippen molar-refractivity contribution >= 4 is 12.1 Å². The number of amides is 1. The van der Waals surface area contributed by atoms with Crippen molar-refractivity contribution in [1.82, 2.24) is 5.43 Å². The largest absolute Gasteiger partial charge is 0.323 e. The summed E-state index contributed by atoms with van der Waals surface area (Å²) in [6.07, 6.45) is 1.63. The summed E-state index contributed by atoms with van der Waals surface area (Å²) in [5.74, 6) is -0.0836. The van der Waals surface area contributed by atoms with Crippen LogP contribution < -0.4 is 5.43 Å². The van der Waals surface area contributed by atoms with Crippen LogP contribution >= 0.6 is 0 Å². The Labute approximate surface area is 96.2 Å². The molecule has 0 bridgehead atoms. The molecule has 4 heteroatoms. The fourth-order valence-electron chi connectivity index (χ4n) is 1.18. The molecule has 0 aliphatic rings. The van der Waals surface area contributed by atoms with Crippen LogP contribution in [0.5, 0.6) is 0 Å². The molecule has 0 saturated carbocycles. The number of rotatable bonds is 4. The van der Waals surface area contributed by atoms with Gasteiger partial charge in [-0.3, -0.25) is 4.79 Å². The molecule has 1 aromatic carbocycles. The molecular formula is C12H18N3O+. The van der Waals surface area contributed by atoms with E-state index in [-0.39, 0.29) is 5.91 Å². The smallest absolute Gasteiger partial charge is 0.295 e. The van der Waals surface area contributed by atoms with Crippen molar-refractivity contribution in [2.75, 3.05) is 27.7 Å². The Bertz CT molecular complexity index is 366. The fourth-order valence-corrected chi connectivity index (χ4v) is 1.18. The van der Waals surface area contributed by atoms with Crippen LogP contribution in [0.3, 0.4) is 0 Å². The number of carbonyl (C=O) groups is 1. The van der Waals surface area contributed by atoms with Crippen LogP contribution in [0.25, 0.3) is 0 Å². The van der Waals surface area contributed by atoms with Crippen molar-refractivity contribution in [3.63, 3.8) is 0 Å². The molecule has 1 amide bonds. The SMILES string of the molecule is C[N+](C)(C)CC(=O)NN=Cc1ccccc1. The molecule has 0 saturated heterocycles. The number of likely N-dealkylation sites (N-methyl/N-ethyl adjacent to an activating group) is 1. The van der Waals surface area contributed by atoms with Crippen LogP contribution in [0.4, 0.5) is 0 Å². The van der Waals surface area contributed by atoms with Gasteiger partial charge in [-0.05, 0) is 5.56 Å². The minimum atomic E-state index is -0.0836. The van der Waals surface area contributed by atoms with Gasteiger partial charge in [0.1, 0.15) is 0 Å². The molecule has 1 N–H and O–H groups in total. The highest BCUT2D eigenvalue weighted by molar-refractivity contribution is 5.82. The lowest BCUT2D eigenvalue weighted by atomic mass is 10.2. The van der Waals surface area contributed by atoms with Crippen molar-refractivity contribution in [1.29, 1.82) is 0 Å². The van der Waals surface area contributed by atoms with Crippen molar-refractivity contribution in [3.05, 3.63) is 35.9 Å². The van der Waals surface area contributed by atoms with Crippen LogP contribution in [0, 0.1) is 0 Å². The third-order valence-electron chi connectivity index (χ3n) is 1.82. The van der Waals surface area contributed by atoms with E-state index in [1.807, 2.05) is 51.5 Å². The summed E-state index contributed by atoms with van der Waals surface area (Å²) in [7, 11) is 5.88. The maximum absolute atomic E-state index is 11.4. The van der Waals surface area contributed by atoms with E-state index in [0.717, 1.165) is 5.56 Å². The standard InChI is InChI=1S/C12H17N3O/c1-15(2,3)10-12(16)14-13-9-11-7-5-4-6-8-11/h4-9H,10H2,1-3H3/p+1. The second-order valence-corrected chi connectivity index (χ2v) is 4.65. The molecule has 0 heterocycles. The average Bonchev–Trinajstić information content (AvgIpc) is 2.16. The normalized spacial score (nSPS) is 11.7. The molecule has 0 atom stereocenters. The fraction of sp³-hybridized carbons (Fsp3) is 0.333. The third kappa shape index (κ3) is 5.26. The Morgan fingerprint density at radius 2 is 1.94 bits per heavy atom. The molecule has 86 valence electrons. The van der Waals surface area contributed by atoms with Gasteiger partial charge in [-0.25, -0.2) is 5.43 Å². The molecule has 0 spiro atoms. The summed E-state index contributed by atoms with van der Waals surface area (Å²) in [6, 6.07) is 9.64. The summed E-state index contributed by atoms with van der Waals surface area (Å²) in [4.78, 5) is 11.4. The number of benzene rings is 1. The van der Waals surface area contributed by atoms with Gasteiger partial charge in [0.25, 0.3) is 5.91 Å². The number of hydrazone groups is 1. The first kappa shape index (κ1) is 12.4. The molecule has 0 unspecified atom stereocenters. The van der Waals surface area contributed by atoms with Crippen LogP contribution in [-0.4, -0.2) is 44.3 Å². The Morgan fingerprint density at radius 3 is 2.50 bits per heavy atom. The summed E-state index contributed by atoms with van der Waals surface area (Å²) < 4.78 is 0.590. The topological polar surface area (TPSA) is 41.5 Å². The Balaban J connectivity index is 2.41. The lowest BCUT2D eigenvalue weighted by Crippen LogP contribution is -2.43. The molecule has 0 radical (unpaired) electrons. The molecule has 0 fully saturated rings. The van der Waals surface area contributed by atoms with Crippen molar-refractivity contribution < 1.29 is 9.28 Å². The second kappa shape index (κ2) is 5.42. The second-order valence-electron chi connectivity index (χ2n) is 4.65. The number of nitrogens with zero attached hydrogens (tertiary/aromatic N) is 2. The summed E-state index contributed by atoms with van der Waals surface area (Å²) >= 11 is 0. The predicted molar refractivity (Wildman–Crippen MR) is 65.1 cm³/mol. The van der Waals surface area contributed by atoms with Gasteiger partial charge in [-0.15, -0.1) is 0 Å². The first-order valence-corrected chi connectivity index (χ1v) is 5.15. The van der Waals surface area contributed by atoms with Gasteiger partial charge >= 0.3 is 0 Å². The molecule has 1 rings (SSSR count). The maximum atomic E-state index is 11.4. The van der Waals surface area contributed by atoms with Crippen LogP contribution in [-0.2, 0) is 4.79 Å². The highest BCUT2D eigenvalue weighted by atomic mass is 16.2. The number of quaternary nitrogens is 1. The molecule has 4 nitrogen and oxygen atoms in total. The quantitative estimate of drug-likeness (QED) is 0.456. The minimum absolute atomic E-state index is 0.0836. The monoisotopic (exact) mass is 220 g/mol. The number of hydrogen-bond donors (Lipinski definition) is 1. The number of carbonyl (C=O) groups excluding carboxylic acids is 1. The highest BCUT2D eigenvalue weighted by Crippen LogP contribution is 1.93. The van der Waals surface area contributed by atoms with Gasteiger partial charge in [-0.2, -0.15) is 5.10 Å². The van der Waals surface area contributed by atoms with Crippen LogP contribution in [0.2, 0.25) is 0 Å². The molecule has 0 aromatic heterocycles. The summed E-state index contributed by atoms with van der Waals surface area (Å²) in [5, 5.41) is 3.89. The van der Waals surface area contributed by atoms with E-state index in [1.165, 1.54) is 0 Å². The molecule has 0 aliphatic carbocycles. The van der Waals surface area contributed by atoms with Gasteiger partial charge in [0.05, 0.1) is 27.4 Å². The molecule has 1 aromatic rings. The first-order chi connectivity index (χ1) is 7.47. The third-order valence-corrected chi connectivity index (χ3v) is 1.82. The van der Waals surface area contributed by atoms with Gasteiger partial charge in [0.2, 0.25) is 0 Å². The van der Waals surface area contributed by atoms with E-state index in [9.17, 15) is 4.79 Å². The highest BCUT2D eigenvalue weighted by Gasteiger charge is 2.12. The van der Waals surface area contributed by atoms with Gasteiger partial charge in [0.15, 0.2) is 6.54 Å². The summed E-state index contributed by atoms with van der Waals surface area (Å²) in [6.45, 7) is 0.409. The minimum Gasteiger partial charge on any atom is -0.323 e. The maximum Gasteiger partial charge on any atom is 0.295 e. The van der Waals surface area contributed by atoms with Crippen LogP contribution in [0.1, 0.15) is 5.56 Å². The molecular weight excluding hydrogens is 202 g/mol. The zero-order valence-electron chi connectivity index (χ0n) is 9.97. The lowest BCUT2D eigenvalue weighted by molar-refractivity contribution is -0.862. The van der Waals surface area contributed by atoms with Gasteiger partial charge in [-0.1, -0.05) is 30.3 Å². The van der Waals surface area contributed by atoms with Crippen molar-refractivity contribution in [2.45, 2.75) is 0 Å². The molecule has 16 heavy (non-hydrogen) atoms. The van der Waals surface area contributed by atoms with Gasteiger partial charge in [0, 0.05) is 0 Å². The Kier molecular flexibility index (Phi) is 4.19. The average molecular weight is 220 g/mol. The van der Waals surface area contributed by atoms with Crippen molar-refractivity contribution in [2.24, 2.45) is 5.10 Å². The Hall–Kier alpha value is -1.68. The van der Waals surface area contributed by atoms with Gasteiger partial charge < -0.3 is 4.48 Å². The molecule has 0 aliphatic heterocycles. The van der Waals surface area contributed by atoms with E-state index in [4.69, 9.17) is 0 Å². The van der Waals surface area contributed by atoms with Crippen molar-refractivity contribution in [3.8, 4) is 0 Å². The number of hydrogen-bond acceptors (Lipinski definition) is 2. The zero-order chi connectivity index (χ0) is 12.0. The van der Waals surface area contributed by atoms with E-state index >= 15 is 0 Å².